The molecule has 0 aromatic heterocycles. The number of hydrogen-bond donors (Lipinski definition) is 0. The van der Waals surface area contributed by atoms with Crippen LogP contribution in [0.1, 0.15) is 18.1 Å². The highest BCUT2D eigenvalue weighted by Crippen LogP contribution is 2.21. The van der Waals surface area contributed by atoms with Gasteiger partial charge in [-0.25, -0.2) is 4.39 Å². The van der Waals surface area contributed by atoms with Crippen molar-refractivity contribution in [3.63, 3.8) is 0 Å². The van der Waals surface area contributed by atoms with Gasteiger partial charge in [0.2, 0.25) is 0 Å². The van der Waals surface area contributed by atoms with Gasteiger partial charge in [-0.2, -0.15) is 5.26 Å². The Hall–Kier alpha value is -0.880. The van der Waals surface area contributed by atoms with Crippen LogP contribution in [-0.4, -0.2) is 0 Å². The van der Waals surface area contributed by atoms with Crippen molar-refractivity contribution < 1.29 is 4.39 Å². The molecule has 0 radical (unpaired) electrons. The first-order chi connectivity index (χ1) is 5.69. The van der Waals surface area contributed by atoms with E-state index >= 15 is 0 Å². The summed E-state index contributed by atoms with van der Waals surface area (Å²) in [5.74, 6) is -0.477. The second kappa shape index (κ2) is 3.68. The molecular weight excluding hydrogens is 221 g/mol. The van der Waals surface area contributed by atoms with Crippen molar-refractivity contribution in [3.8, 4) is 6.07 Å². The lowest BCUT2D eigenvalue weighted by molar-refractivity contribution is 0.616. The standard InChI is InChI=1S/C9H7BrFN/c1-2-6-3-7(5-12)9(11)8(10)4-6/h3-4H,2H2,1H3. The fourth-order valence-electron chi connectivity index (χ4n) is 0.931. The van der Waals surface area contributed by atoms with E-state index in [4.69, 9.17) is 5.26 Å². The van der Waals surface area contributed by atoms with Gasteiger partial charge in [0, 0.05) is 0 Å². The van der Waals surface area contributed by atoms with Crippen LogP contribution in [0, 0.1) is 17.1 Å². The topological polar surface area (TPSA) is 23.8 Å². The monoisotopic (exact) mass is 227 g/mol. The molecule has 0 atom stereocenters. The normalized spacial score (nSPS) is 9.50. The second-order valence-corrected chi connectivity index (χ2v) is 3.26. The molecule has 0 bridgehead atoms. The summed E-state index contributed by atoms with van der Waals surface area (Å²) in [5.41, 5.74) is 1.06. The van der Waals surface area contributed by atoms with Crippen LogP contribution in [0.25, 0.3) is 0 Å². The minimum Gasteiger partial charge on any atom is -0.204 e. The summed E-state index contributed by atoms with van der Waals surface area (Å²) in [6, 6.07) is 5.07. The van der Waals surface area contributed by atoms with Crippen LogP contribution in [0.5, 0.6) is 0 Å². The van der Waals surface area contributed by atoms with Gasteiger partial charge < -0.3 is 0 Å². The minimum atomic E-state index is -0.477. The highest BCUT2D eigenvalue weighted by atomic mass is 79.9. The van der Waals surface area contributed by atoms with Gasteiger partial charge in [-0.05, 0) is 40.0 Å². The van der Waals surface area contributed by atoms with Crippen molar-refractivity contribution in [2.45, 2.75) is 13.3 Å². The average Bonchev–Trinajstić information content (AvgIpc) is 2.09. The molecule has 1 nitrogen and oxygen atoms in total. The molecule has 0 aliphatic heterocycles. The molecule has 0 heterocycles. The van der Waals surface area contributed by atoms with Crippen LogP contribution in [0.15, 0.2) is 16.6 Å². The molecule has 0 aliphatic carbocycles. The molecule has 62 valence electrons. The Morgan fingerprint density at radius 1 is 1.58 bits per heavy atom. The molecule has 0 saturated heterocycles. The maximum absolute atomic E-state index is 13.0. The fraction of sp³-hybridized carbons (Fsp3) is 0.222. The van der Waals surface area contributed by atoms with Crippen LogP contribution in [0.2, 0.25) is 0 Å². The summed E-state index contributed by atoms with van der Waals surface area (Å²) in [5, 5.41) is 8.55. The third-order valence-electron chi connectivity index (χ3n) is 1.62. The molecule has 0 unspecified atom stereocenters. The SMILES string of the molecule is CCc1cc(Br)c(F)c(C#N)c1. The molecule has 1 rings (SSSR count). The van der Waals surface area contributed by atoms with E-state index in [0.717, 1.165) is 12.0 Å². The largest absolute Gasteiger partial charge is 0.204 e. The number of nitrogens with zero attached hydrogens (tertiary/aromatic N) is 1. The van der Waals surface area contributed by atoms with Crippen LogP contribution in [0.3, 0.4) is 0 Å². The van der Waals surface area contributed by atoms with E-state index in [2.05, 4.69) is 15.9 Å². The van der Waals surface area contributed by atoms with E-state index in [1.807, 2.05) is 6.92 Å². The lowest BCUT2D eigenvalue weighted by Crippen LogP contribution is -1.89. The highest BCUT2D eigenvalue weighted by Gasteiger charge is 2.06. The third-order valence-corrected chi connectivity index (χ3v) is 2.19. The first-order valence-corrected chi connectivity index (χ1v) is 4.36. The number of hydrogen-bond acceptors (Lipinski definition) is 1. The van der Waals surface area contributed by atoms with E-state index < -0.39 is 5.82 Å². The Kier molecular flexibility index (Phi) is 2.83. The van der Waals surface area contributed by atoms with Gasteiger partial charge in [-0.1, -0.05) is 6.92 Å². The number of nitriles is 1. The molecule has 12 heavy (non-hydrogen) atoms. The van der Waals surface area contributed by atoms with Crippen molar-refractivity contribution in [1.82, 2.24) is 0 Å². The Bertz CT molecular complexity index is 341. The molecule has 0 aliphatic rings. The van der Waals surface area contributed by atoms with Gasteiger partial charge in [0.15, 0.2) is 5.82 Å². The van der Waals surface area contributed by atoms with Gasteiger partial charge >= 0.3 is 0 Å². The van der Waals surface area contributed by atoms with Crippen LogP contribution in [-0.2, 0) is 6.42 Å². The quantitative estimate of drug-likeness (QED) is 0.724. The van der Waals surface area contributed by atoms with Crippen molar-refractivity contribution in [1.29, 1.82) is 5.26 Å². The Labute approximate surface area is 79.0 Å². The summed E-state index contributed by atoms with van der Waals surface area (Å²) >= 11 is 3.05. The van der Waals surface area contributed by atoms with Gasteiger partial charge in [-0.15, -0.1) is 0 Å². The van der Waals surface area contributed by atoms with E-state index in [-0.39, 0.29) is 5.56 Å². The van der Waals surface area contributed by atoms with Gasteiger partial charge in [0.1, 0.15) is 6.07 Å². The summed E-state index contributed by atoms with van der Waals surface area (Å²) in [7, 11) is 0. The third kappa shape index (κ3) is 1.64. The van der Waals surface area contributed by atoms with Crippen LogP contribution < -0.4 is 0 Å². The number of aryl methyl sites for hydroxylation is 1. The summed E-state index contributed by atoms with van der Waals surface area (Å²) < 4.78 is 13.4. The molecule has 0 spiro atoms. The first kappa shape index (κ1) is 9.21. The molecule has 0 N–H and O–H groups in total. The Morgan fingerprint density at radius 3 is 2.75 bits per heavy atom. The van der Waals surface area contributed by atoms with E-state index in [1.165, 1.54) is 0 Å². The van der Waals surface area contributed by atoms with Crippen molar-refractivity contribution in [3.05, 3.63) is 33.5 Å². The molecule has 3 heteroatoms. The Morgan fingerprint density at radius 2 is 2.25 bits per heavy atom. The predicted molar refractivity (Wildman–Crippen MR) is 48.2 cm³/mol. The van der Waals surface area contributed by atoms with E-state index in [9.17, 15) is 4.39 Å². The minimum absolute atomic E-state index is 0.0984. The smallest absolute Gasteiger partial charge is 0.155 e. The first-order valence-electron chi connectivity index (χ1n) is 3.57. The molecule has 1 aromatic rings. The molecule has 0 amide bonds. The number of rotatable bonds is 1. The van der Waals surface area contributed by atoms with E-state index in [1.54, 1.807) is 18.2 Å². The Balaban J connectivity index is 3.31. The number of halogens is 2. The van der Waals surface area contributed by atoms with Crippen LogP contribution >= 0.6 is 15.9 Å². The maximum Gasteiger partial charge on any atom is 0.155 e. The van der Waals surface area contributed by atoms with Crippen molar-refractivity contribution in [2.24, 2.45) is 0 Å². The average molecular weight is 228 g/mol. The second-order valence-electron chi connectivity index (χ2n) is 2.40. The van der Waals surface area contributed by atoms with Gasteiger partial charge in [0.25, 0.3) is 0 Å². The zero-order chi connectivity index (χ0) is 9.14. The van der Waals surface area contributed by atoms with Crippen molar-refractivity contribution >= 4 is 15.9 Å². The lowest BCUT2D eigenvalue weighted by Gasteiger charge is -2.00. The van der Waals surface area contributed by atoms with Crippen LogP contribution in [0.4, 0.5) is 4.39 Å². The van der Waals surface area contributed by atoms with Gasteiger partial charge in [0.05, 0.1) is 10.0 Å². The summed E-state index contributed by atoms with van der Waals surface area (Å²) in [6.07, 6.45) is 0.799. The summed E-state index contributed by atoms with van der Waals surface area (Å²) in [4.78, 5) is 0. The summed E-state index contributed by atoms with van der Waals surface area (Å²) in [6.45, 7) is 1.96. The van der Waals surface area contributed by atoms with E-state index in [0.29, 0.717) is 4.47 Å². The maximum atomic E-state index is 13.0. The fourth-order valence-corrected chi connectivity index (χ4v) is 1.44. The zero-order valence-corrected chi connectivity index (χ0v) is 8.15. The molecule has 0 fully saturated rings. The number of benzene rings is 1. The van der Waals surface area contributed by atoms with Gasteiger partial charge in [-0.3, -0.25) is 0 Å². The predicted octanol–water partition coefficient (Wildman–Crippen LogP) is 3.02. The zero-order valence-electron chi connectivity index (χ0n) is 6.56. The molecular formula is C9H7BrFN. The van der Waals surface area contributed by atoms with Crippen molar-refractivity contribution in [2.75, 3.05) is 0 Å². The lowest BCUT2D eigenvalue weighted by atomic mass is 10.1. The molecule has 1 aromatic carbocycles. The highest BCUT2D eigenvalue weighted by molar-refractivity contribution is 9.10. The molecule has 0 saturated carbocycles.